The first-order chi connectivity index (χ1) is 51.8. The smallest absolute Gasteiger partial charge is 0.220 e. The first kappa shape index (κ1) is 97.7. The van der Waals surface area contributed by atoms with Gasteiger partial charge in [0.2, 0.25) is 5.91 Å². The number of aliphatic hydroxyl groups excluding tert-OH is 11. The highest BCUT2D eigenvalue weighted by Gasteiger charge is 2.54. The van der Waals surface area contributed by atoms with Gasteiger partial charge in [0.1, 0.15) is 73.2 Å². The summed E-state index contributed by atoms with van der Waals surface area (Å²) in [5, 5.41) is 121. The molecule has 0 bridgehead atoms. The third kappa shape index (κ3) is 45.9. The molecule has 17 atom stereocenters. The quantitative estimate of drug-likeness (QED) is 0.0199. The van der Waals surface area contributed by atoms with Gasteiger partial charge in [-0.1, -0.05) is 338 Å². The number of hydrogen-bond acceptors (Lipinski definition) is 18. The molecule has 0 spiro atoms. The van der Waals surface area contributed by atoms with E-state index >= 15 is 0 Å². The lowest BCUT2D eigenvalue weighted by molar-refractivity contribution is -0.379. The summed E-state index contributed by atoms with van der Waals surface area (Å²) < 4.78 is 34.5. The van der Waals surface area contributed by atoms with E-state index in [4.69, 9.17) is 28.4 Å². The molecular formula is C87H159NO18. The average molecular weight is 1510 g/mol. The summed E-state index contributed by atoms with van der Waals surface area (Å²) >= 11 is 0. The highest BCUT2D eigenvalue weighted by Crippen LogP contribution is 2.33. The van der Waals surface area contributed by atoms with Gasteiger partial charge in [0, 0.05) is 6.42 Å². The second-order valence-corrected chi connectivity index (χ2v) is 31.0. The monoisotopic (exact) mass is 1510 g/mol. The number of ether oxygens (including phenoxy) is 6. The first-order valence-electron chi connectivity index (χ1n) is 43.5. The van der Waals surface area contributed by atoms with E-state index < -0.39 is 124 Å². The Morgan fingerprint density at radius 2 is 0.632 bits per heavy atom. The van der Waals surface area contributed by atoms with E-state index in [-0.39, 0.29) is 18.9 Å². The lowest BCUT2D eigenvalue weighted by Gasteiger charge is -2.48. The molecule has 0 aromatic rings. The standard InChI is InChI=1S/C87H159NO18/c1-3-5-7-9-11-13-15-17-19-21-23-25-27-29-31-32-33-34-35-36-37-38-39-41-43-45-47-49-51-53-55-57-59-61-63-65-75(93)88-70(71(92)64-62-60-58-56-54-52-50-48-46-44-42-40-30-28-26-24-22-20-18-16-14-12-10-8-6-4-2)69-101-85-81(99)78(96)83(73(67-90)103-85)106-87-82(100)79(97)84(74(68-91)104-87)105-86-80(98)77(95)76(94)72(66-89)102-86/h15,17,21,23,27,29,54,56,62,64,70-74,76-87,89-92,94-100H,3-14,16,18-20,22,24-26,28,30-53,55,57-61,63,65-69H2,1-2H3,(H,88,93)/b17-15-,23-21-,29-27-,56-54+,64-62+. The molecule has 19 heteroatoms. The van der Waals surface area contributed by atoms with E-state index in [2.05, 4.69) is 67.8 Å². The van der Waals surface area contributed by atoms with Crippen molar-refractivity contribution < 1.29 is 89.4 Å². The van der Waals surface area contributed by atoms with Crippen LogP contribution in [0.5, 0.6) is 0 Å². The molecule has 19 nitrogen and oxygen atoms in total. The summed E-state index contributed by atoms with van der Waals surface area (Å²) in [7, 11) is 0. The summed E-state index contributed by atoms with van der Waals surface area (Å²) in [6.45, 7) is 1.76. The number of carbonyl (C=O) groups excluding carboxylic acids is 1. The molecule has 0 aromatic carbocycles. The van der Waals surface area contributed by atoms with Crippen LogP contribution in [-0.2, 0) is 33.2 Å². The summed E-state index contributed by atoms with van der Waals surface area (Å²) in [5.41, 5.74) is 0. The number of rotatable bonds is 70. The summed E-state index contributed by atoms with van der Waals surface area (Å²) in [5.74, 6) is -0.280. The highest BCUT2D eigenvalue weighted by molar-refractivity contribution is 5.76. The number of allylic oxidation sites excluding steroid dienone is 9. The van der Waals surface area contributed by atoms with E-state index in [0.717, 1.165) is 51.4 Å². The molecule has 620 valence electrons. The number of amides is 1. The molecule has 3 rings (SSSR count). The molecule has 3 saturated heterocycles. The zero-order valence-electron chi connectivity index (χ0n) is 66.7. The Balaban J connectivity index is 1.34. The van der Waals surface area contributed by atoms with E-state index in [0.29, 0.717) is 12.8 Å². The lowest BCUT2D eigenvalue weighted by Crippen LogP contribution is -2.66. The van der Waals surface area contributed by atoms with Crippen LogP contribution in [0.25, 0.3) is 0 Å². The Morgan fingerprint density at radius 1 is 0.340 bits per heavy atom. The fraction of sp³-hybridized carbons (Fsp3) is 0.874. The van der Waals surface area contributed by atoms with Crippen LogP contribution in [0.15, 0.2) is 60.8 Å². The van der Waals surface area contributed by atoms with Crippen molar-refractivity contribution in [1.29, 1.82) is 0 Å². The Kier molecular flexibility index (Phi) is 61.8. The van der Waals surface area contributed by atoms with Gasteiger partial charge in [0.25, 0.3) is 0 Å². The van der Waals surface area contributed by atoms with E-state index in [9.17, 15) is 61.0 Å². The highest BCUT2D eigenvalue weighted by atomic mass is 16.8. The third-order valence-electron chi connectivity index (χ3n) is 21.5. The maximum absolute atomic E-state index is 13.5. The molecule has 106 heavy (non-hydrogen) atoms. The topological polar surface area (TPSA) is 307 Å². The van der Waals surface area contributed by atoms with Crippen molar-refractivity contribution in [3.63, 3.8) is 0 Å². The molecule has 0 saturated carbocycles. The zero-order valence-corrected chi connectivity index (χ0v) is 66.7. The number of aliphatic hydroxyl groups is 11. The minimum atomic E-state index is -1.98. The number of unbranched alkanes of at least 4 members (excludes halogenated alkanes) is 46. The molecule has 3 heterocycles. The van der Waals surface area contributed by atoms with Crippen LogP contribution in [0.2, 0.25) is 0 Å². The van der Waals surface area contributed by atoms with Crippen molar-refractivity contribution in [2.24, 2.45) is 0 Å². The SMILES string of the molecule is CCCCCCC/C=C\C/C=C\C/C=C\CCCCCCCCCCCCCCCCCCCCCCC(=O)NC(COC1OC(CO)C(OC2OC(CO)C(OC3OC(CO)C(O)C(O)C3O)C(O)C2O)C(O)C1O)C(O)/C=C/CC/C=C/CCCCCCCCCCCCCCCCCCCCCC. The van der Waals surface area contributed by atoms with Crippen LogP contribution in [0.3, 0.4) is 0 Å². The molecule has 1 amide bonds. The first-order valence-corrected chi connectivity index (χ1v) is 43.5. The van der Waals surface area contributed by atoms with E-state index in [1.165, 1.54) is 270 Å². The van der Waals surface area contributed by atoms with Crippen LogP contribution in [0, 0.1) is 0 Å². The van der Waals surface area contributed by atoms with Crippen molar-refractivity contribution >= 4 is 5.91 Å². The van der Waals surface area contributed by atoms with Crippen LogP contribution in [0.4, 0.5) is 0 Å². The molecule has 3 fully saturated rings. The fourth-order valence-electron chi connectivity index (χ4n) is 14.6. The van der Waals surface area contributed by atoms with E-state index in [1.54, 1.807) is 6.08 Å². The second kappa shape index (κ2) is 67.0. The maximum atomic E-state index is 13.5. The molecule has 3 aliphatic heterocycles. The minimum Gasteiger partial charge on any atom is -0.394 e. The molecular weight excluding hydrogens is 1350 g/mol. The van der Waals surface area contributed by atoms with Gasteiger partial charge in [-0.25, -0.2) is 0 Å². The molecule has 12 N–H and O–H groups in total. The summed E-state index contributed by atoms with van der Waals surface area (Å²) in [6, 6.07) is -0.993. The zero-order chi connectivity index (χ0) is 76.7. The van der Waals surface area contributed by atoms with E-state index in [1.807, 2.05) is 6.08 Å². The Bertz CT molecular complexity index is 2150. The van der Waals surface area contributed by atoms with Gasteiger partial charge in [0.15, 0.2) is 18.9 Å². The van der Waals surface area contributed by atoms with Gasteiger partial charge in [-0.2, -0.15) is 0 Å². The molecule has 0 aliphatic carbocycles. The van der Waals surface area contributed by atoms with Crippen molar-refractivity contribution in [3.05, 3.63) is 60.8 Å². The third-order valence-corrected chi connectivity index (χ3v) is 21.5. The van der Waals surface area contributed by atoms with Crippen molar-refractivity contribution in [3.8, 4) is 0 Å². The summed E-state index contributed by atoms with van der Waals surface area (Å²) in [6.07, 6.45) is 60.8. The van der Waals surface area contributed by atoms with Crippen LogP contribution >= 0.6 is 0 Å². The van der Waals surface area contributed by atoms with Gasteiger partial charge >= 0.3 is 0 Å². The number of nitrogens with one attached hydrogen (secondary N) is 1. The maximum Gasteiger partial charge on any atom is 0.220 e. The van der Waals surface area contributed by atoms with Crippen LogP contribution in [-0.4, -0.2) is 193 Å². The molecule has 0 aromatic heterocycles. The van der Waals surface area contributed by atoms with Gasteiger partial charge in [-0.15, -0.1) is 0 Å². The Morgan fingerprint density at radius 3 is 1.01 bits per heavy atom. The van der Waals surface area contributed by atoms with Gasteiger partial charge < -0.3 is 89.9 Å². The number of carbonyl (C=O) groups is 1. The van der Waals surface area contributed by atoms with Gasteiger partial charge in [-0.3, -0.25) is 4.79 Å². The lowest BCUT2D eigenvalue weighted by atomic mass is 9.96. The molecule has 17 unspecified atom stereocenters. The number of hydrogen-bond donors (Lipinski definition) is 12. The van der Waals surface area contributed by atoms with Crippen molar-refractivity contribution in [1.82, 2.24) is 5.32 Å². The van der Waals surface area contributed by atoms with Crippen molar-refractivity contribution in [2.45, 2.75) is 458 Å². The van der Waals surface area contributed by atoms with Crippen molar-refractivity contribution in [2.75, 3.05) is 26.4 Å². The molecule has 3 aliphatic rings. The normalized spacial score (nSPS) is 25.9. The predicted octanol–water partition coefficient (Wildman–Crippen LogP) is 15.8. The molecule has 0 radical (unpaired) electrons. The second-order valence-electron chi connectivity index (χ2n) is 31.0. The largest absolute Gasteiger partial charge is 0.394 e. The Labute approximate surface area is 643 Å². The van der Waals surface area contributed by atoms with Crippen LogP contribution in [0.1, 0.15) is 354 Å². The average Bonchev–Trinajstić information content (AvgIpc) is 0.779. The summed E-state index contributed by atoms with van der Waals surface area (Å²) in [4.78, 5) is 13.5. The Hall–Kier alpha value is -2.51. The predicted molar refractivity (Wildman–Crippen MR) is 425 cm³/mol. The fourth-order valence-corrected chi connectivity index (χ4v) is 14.6. The minimum absolute atomic E-state index is 0.237. The van der Waals surface area contributed by atoms with Gasteiger partial charge in [-0.05, 0) is 70.6 Å². The van der Waals surface area contributed by atoms with Gasteiger partial charge in [0.05, 0.1) is 38.6 Å². The van der Waals surface area contributed by atoms with Crippen LogP contribution < -0.4 is 5.32 Å².